The van der Waals surface area contributed by atoms with Crippen LogP contribution in [0.25, 0.3) is 0 Å². The van der Waals surface area contributed by atoms with E-state index in [1.165, 1.54) is 6.07 Å². The molecule has 0 N–H and O–H groups in total. The van der Waals surface area contributed by atoms with Crippen molar-refractivity contribution in [1.82, 2.24) is 0 Å². The predicted octanol–water partition coefficient (Wildman–Crippen LogP) is 8.87. The molecule has 36 heavy (non-hydrogen) atoms. The zero-order chi connectivity index (χ0) is 25.1. The zero-order valence-corrected chi connectivity index (χ0v) is 22.3. The molecule has 0 saturated heterocycles. The molecule has 0 spiro atoms. The number of halogens is 4. The summed E-state index contributed by atoms with van der Waals surface area (Å²) in [5.74, 6) is -0.269. The van der Waals surface area contributed by atoms with E-state index in [1.54, 1.807) is 12.1 Å². The van der Waals surface area contributed by atoms with Gasteiger partial charge in [0, 0.05) is 20.6 Å². The molecule has 0 amide bonds. The van der Waals surface area contributed by atoms with E-state index in [0.717, 1.165) is 27.0 Å². The van der Waals surface area contributed by atoms with Crippen LogP contribution in [0.3, 0.4) is 0 Å². The Morgan fingerprint density at radius 3 is 1.31 bits per heavy atom. The first-order valence-electron chi connectivity index (χ1n) is 11.5. The third-order valence-corrected chi connectivity index (χ3v) is 11.8. The molecule has 1 unspecified atom stereocenters. The Morgan fingerprint density at radius 1 is 0.472 bits per heavy atom. The molecule has 5 aromatic rings. The lowest BCUT2D eigenvalue weighted by Crippen LogP contribution is -2.35. The van der Waals surface area contributed by atoms with E-state index in [0.29, 0.717) is 15.1 Å². The molecule has 178 valence electrons. The van der Waals surface area contributed by atoms with Crippen molar-refractivity contribution in [2.75, 3.05) is 0 Å². The fourth-order valence-electron chi connectivity index (χ4n) is 4.87. The van der Waals surface area contributed by atoms with Crippen LogP contribution in [-0.4, -0.2) is 0 Å². The van der Waals surface area contributed by atoms with Crippen molar-refractivity contribution in [3.8, 4) is 0 Å². The minimum atomic E-state index is -2.53. The van der Waals surface area contributed by atoms with Crippen LogP contribution < -0.4 is 15.9 Å². The molecule has 0 aromatic heterocycles. The van der Waals surface area contributed by atoms with Gasteiger partial charge in [-0.05, 0) is 90.5 Å². The summed E-state index contributed by atoms with van der Waals surface area (Å²) in [6.07, 6.45) is 0. The summed E-state index contributed by atoms with van der Waals surface area (Å²) in [5.41, 5.74) is 1.81. The summed E-state index contributed by atoms with van der Waals surface area (Å²) in [7, 11) is -2.53. The van der Waals surface area contributed by atoms with Crippen LogP contribution in [0.4, 0.5) is 4.39 Å². The van der Waals surface area contributed by atoms with Crippen molar-refractivity contribution in [2.45, 2.75) is 5.66 Å². The van der Waals surface area contributed by atoms with E-state index in [2.05, 4.69) is 48.5 Å². The summed E-state index contributed by atoms with van der Waals surface area (Å²) in [4.78, 5) is 0. The second-order valence-corrected chi connectivity index (χ2v) is 13.3. The molecule has 0 aliphatic rings. The Kier molecular flexibility index (Phi) is 7.47. The first-order chi connectivity index (χ1) is 17.5. The first-order valence-corrected chi connectivity index (χ1v) is 14.5. The maximum atomic E-state index is 14.8. The molecule has 0 aliphatic heterocycles. The SMILES string of the molecule is Fc1cccc(C(c2ccccc2)[P+](c2ccc(Cl)cc2)(c2ccc(Cl)cc2)c2ccc(Cl)cc2)c1. The number of benzene rings is 5. The molecule has 0 aliphatic carbocycles. The van der Waals surface area contributed by atoms with E-state index in [4.69, 9.17) is 34.8 Å². The van der Waals surface area contributed by atoms with Gasteiger partial charge >= 0.3 is 0 Å². The lowest BCUT2D eigenvalue weighted by molar-refractivity contribution is 0.626. The minimum Gasteiger partial charge on any atom is -0.207 e. The summed E-state index contributed by atoms with van der Waals surface area (Å²) in [5, 5.41) is 5.34. The highest BCUT2D eigenvalue weighted by molar-refractivity contribution is 7.96. The number of hydrogen-bond donors (Lipinski definition) is 0. The van der Waals surface area contributed by atoms with Gasteiger partial charge in [0.1, 0.15) is 34.7 Å². The van der Waals surface area contributed by atoms with Crippen molar-refractivity contribution < 1.29 is 4.39 Å². The standard InChI is InChI=1S/C31H22Cl3FP/c32-24-9-15-28(16-10-24)36(29-17-11-25(33)12-18-29,30-19-13-26(34)14-20-30)31(22-5-2-1-3-6-22)23-7-4-8-27(35)21-23/h1-21,31H/q+1. The van der Waals surface area contributed by atoms with E-state index < -0.39 is 7.26 Å². The zero-order valence-electron chi connectivity index (χ0n) is 19.2. The van der Waals surface area contributed by atoms with E-state index in [-0.39, 0.29) is 11.5 Å². The third kappa shape index (κ3) is 4.82. The largest absolute Gasteiger partial charge is 0.207 e. The van der Waals surface area contributed by atoms with Crippen molar-refractivity contribution >= 4 is 58.0 Å². The van der Waals surface area contributed by atoms with Gasteiger partial charge in [0.25, 0.3) is 0 Å². The average molecular weight is 551 g/mol. The minimum absolute atomic E-state index is 0.182. The molecule has 5 heteroatoms. The van der Waals surface area contributed by atoms with Gasteiger partial charge in [-0.25, -0.2) is 4.39 Å². The Bertz CT molecular complexity index is 1340. The van der Waals surface area contributed by atoms with Crippen LogP contribution >= 0.6 is 42.1 Å². The van der Waals surface area contributed by atoms with E-state index >= 15 is 0 Å². The molecule has 0 nitrogen and oxygen atoms in total. The lowest BCUT2D eigenvalue weighted by Gasteiger charge is -2.35. The third-order valence-electron chi connectivity index (χ3n) is 6.37. The van der Waals surface area contributed by atoms with Gasteiger partial charge in [-0.2, -0.15) is 0 Å². The van der Waals surface area contributed by atoms with Gasteiger partial charge in [-0.1, -0.05) is 77.3 Å². The highest BCUT2D eigenvalue weighted by atomic mass is 35.5. The Labute approximate surface area is 226 Å². The van der Waals surface area contributed by atoms with Crippen molar-refractivity contribution in [3.63, 3.8) is 0 Å². The van der Waals surface area contributed by atoms with Gasteiger partial charge in [0.15, 0.2) is 0 Å². The summed E-state index contributed by atoms with van der Waals surface area (Å²) < 4.78 is 14.8. The van der Waals surface area contributed by atoms with Crippen LogP contribution in [0, 0.1) is 5.82 Å². The molecular weight excluding hydrogens is 529 g/mol. The smallest absolute Gasteiger partial charge is 0.134 e. The van der Waals surface area contributed by atoms with Crippen LogP contribution in [-0.2, 0) is 0 Å². The Morgan fingerprint density at radius 2 is 0.889 bits per heavy atom. The maximum Gasteiger partial charge on any atom is 0.134 e. The van der Waals surface area contributed by atoms with E-state index in [1.807, 2.05) is 60.7 Å². The second kappa shape index (κ2) is 10.8. The van der Waals surface area contributed by atoms with Crippen molar-refractivity contribution in [2.24, 2.45) is 0 Å². The molecule has 0 bridgehead atoms. The van der Waals surface area contributed by atoms with Crippen molar-refractivity contribution in [1.29, 1.82) is 0 Å². The monoisotopic (exact) mass is 549 g/mol. The highest BCUT2D eigenvalue weighted by Crippen LogP contribution is 2.69. The first kappa shape index (κ1) is 25.0. The quantitative estimate of drug-likeness (QED) is 0.185. The molecule has 1 atom stereocenters. The van der Waals surface area contributed by atoms with Crippen LogP contribution in [0.15, 0.2) is 127 Å². The Balaban J connectivity index is 1.96. The summed E-state index contributed by atoms with van der Waals surface area (Å²) in [6.45, 7) is 0. The maximum absolute atomic E-state index is 14.8. The molecule has 5 rings (SSSR count). The van der Waals surface area contributed by atoms with Gasteiger partial charge < -0.3 is 0 Å². The van der Waals surface area contributed by atoms with Crippen LogP contribution in [0.1, 0.15) is 16.8 Å². The Hall–Kier alpha value is -2.67. The fraction of sp³-hybridized carbons (Fsp3) is 0.0323. The molecule has 5 aromatic carbocycles. The van der Waals surface area contributed by atoms with E-state index in [9.17, 15) is 4.39 Å². The van der Waals surface area contributed by atoms with Crippen LogP contribution in [0.5, 0.6) is 0 Å². The van der Waals surface area contributed by atoms with Gasteiger partial charge in [-0.3, -0.25) is 0 Å². The predicted molar refractivity (Wildman–Crippen MR) is 155 cm³/mol. The number of hydrogen-bond acceptors (Lipinski definition) is 0. The van der Waals surface area contributed by atoms with Gasteiger partial charge in [-0.15, -0.1) is 0 Å². The second-order valence-electron chi connectivity index (χ2n) is 8.52. The molecular formula is C31H22Cl3FP+. The molecule has 0 saturated carbocycles. The van der Waals surface area contributed by atoms with Gasteiger partial charge in [0.05, 0.1) is 0 Å². The molecule has 0 radical (unpaired) electrons. The number of rotatable bonds is 6. The molecule has 0 heterocycles. The molecule has 0 fully saturated rings. The fourth-order valence-corrected chi connectivity index (χ4v) is 10.1. The summed E-state index contributed by atoms with van der Waals surface area (Å²) in [6, 6.07) is 41.3. The highest BCUT2D eigenvalue weighted by Gasteiger charge is 2.54. The normalized spacial score (nSPS) is 12.3. The topological polar surface area (TPSA) is 0 Å². The van der Waals surface area contributed by atoms with Crippen molar-refractivity contribution in [3.05, 3.63) is 159 Å². The summed E-state index contributed by atoms with van der Waals surface area (Å²) >= 11 is 19.1. The lowest BCUT2D eigenvalue weighted by atomic mass is 10.0. The average Bonchev–Trinajstić information content (AvgIpc) is 2.89. The van der Waals surface area contributed by atoms with Crippen LogP contribution in [0.2, 0.25) is 15.1 Å². The van der Waals surface area contributed by atoms with Gasteiger partial charge in [0.2, 0.25) is 0 Å².